The van der Waals surface area contributed by atoms with E-state index in [1.807, 2.05) is 0 Å². The fourth-order valence-corrected chi connectivity index (χ4v) is 5.85. The van der Waals surface area contributed by atoms with Gasteiger partial charge in [0.25, 0.3) is 0 Å². The molecule has 21 heavy (non-hydrogen) atoms. The molecular weight excluding hydrogens is 377 g/mol. The maximum Gasteiger partial charge on any atom is 0.244 e. The average molecular weight is 392 g/mol. The summed E-state index contributed by atoms with van der Waals surface area (Å²) in [6.07, 6.45) is 0. The summed E-state index contributed by atoms with van der Waals surface area (Å²) in [4.78, 5) is 1.04. The van der Waals surface area contributed by atoms with Gasteiger partial charge in [-0.25, -0.2) is 12.8 Å². The molecule has 0 amide bonds. The van der Waals surface area contributed by atoms with Crippen LogP contribution < -0.4 is 0 Å². The molecule has 114 valence electrons. The maximum atomic E-state index is 13.2. The first kappa shape index (κ1) is 16.6. The third-order valence-electron chi connectivity index (χ3n) is 3.06. The van der Waals surface area contributed by atoms with Crippen LogP contribution in [0.2, 0.25) is 0 Å². The van der Waals surface area contributed by atoms with E-state index < -0.39 is 10.0 Å². The summed E-state index contributed by atoms with van der Waals surface area (Å²) in [5.74, 6) is -0.365. The fraction of sp³-hybridized carbons (Fsp3) is 0.286. The molecule has 0 N–H and O–H groups in total. The van der Waals surface area contributed by atoms with Crippen molar-refractivity contribution in [3.63, 3.8) is 0 Å². The lowest BCUT2D eigenvalue weighted by Crippen LogP contribution is -2.30. The van der Waals surface area contributed by atoms with E-state index in [0.29, 0.717) is 17.0 Å². The smallest absolute Gasteiger partial charge is 0.207 e. The van der Waals surface area contributed by atoms with Gasteiger partial charge < -0.3 is 0 Å². The summed E-state index contributed by atoms with van der Waals surface area (Å²) in [5, 5.41) is 0. The molecule has 7 heteroatoms. The standard InChI is InChI=1S/C14H15BrFNO2S2/c1-3-17(9-11-5-4-6-12(16)7-11)21(18,19)13-8-14(15)20-10(13)2/h4-8H,3,9H2,1-2H3. The molecule has 0 saturated carbocycles. The zero-order valence-corrected chi connectivity index (χ0v) is 14.9. The predicted molar refractivity (Wildman–Crippen MR) is 86.4 cm³/mol. The van der Waals surface area contributed by atoms with Crippen molar-refractivity contribution < 1.29 is 12.8 Å². The first-order valence-electron chi connectivity index (χ1n) is 6.35. The lowest BCUT2D eigenvalue weighted by Gasteiger charge is -2.20. The zero-order valence-electron chi connectivity index (χ0n) is 11.6. The second-order valence-electron chi connectivity index (χ2n) is 4.53. The highest BCUT2D eigenvalue weighted by molar-refractivity contribution is 9.11. The molecule has 1 aromatic heterocycles. The molecule has 0 aliphatic carbocycles. The molecule has 2 aromatic rings. The van der Waals surface area contributed by atoms with Gasteiger partial charge >= 0.3 is 0 Å². The Labute approximate surface area is 136 Å². The number of hydrogen-bond acceptors (Lipinski definition) is 3. The van der Waals surface area contributed by atoms with Crippen LogP contribution >= 0.6 is 27.3 Å². The summed E-state index contributed by atoms with van der Waals surface area (Å²) in [7, 11) is -3.58. The number of thiophene rings is 1. The normalized spacial score (nSPS) is 12.0. The molecule has 1 heterocycles. The predicted octanol–water partition coefficient (Wildman–Crippen LogP) is 4.17. The van der Waals surface area contributed by atoms with Crippen molar-refractivity contribution in [3.8, 4) is 0 Å². The van der Waals surface area contributed by atoms with Gasteiger partial charge in [0.1, 0.15) is 5.82 Å². The van der Waals surface area contributed by atoms with Gasteiger partial charge in [0.05, 0.1) is 8.68 Å². The third kappa shape index (κ3) is 3.71. The summed E-state index contributed by atoms with van der Waals surface area (Å²) < 4.78 is 40.8. The minimum atomic E-state index is -3.58. The molecular formula is C14H15BrFNO2S2. The highest BCUT2D eigenvalue weighted by Gasteiger charge is 2.26. The average Bonchev–Trinajstić information content (AvgIpc) is 2.75. The second-order valence-corrected chi connectivity index (χ2v) is 9.07. The first-order valence-corrected chi connectivity index (χ1v) is 9.40. The Morgan fingerprint density at radius 3 is 2.57 bits per heavy atom. The van der Waals surface area contributed by atoms with Crippen molar-refractivity contribution in [3.05, 3.63) is 50.4 Å². The highest BCUT2D eigenvalue weighted by Crippen LogP contribution is 2.32. The molecule has 0 saturated heterocycles. The van der Waals surface area contributed by atoms with Crippen molar-refractivity contribution in [2.45, 2.75) is 25.3 Å². The molecule has 0 aliphatic heterocycles. The number of hydrogen-bond donors (Lipinski definition) is 0. The third-order valence-corrected chi connectivity index (χ3v) is 6.79. The van der Waals surface area contributed by atoms with E-state index >= 15 is 0 Å². The van der Waals surface area contributed by atoms with E-state index in [1.165, 1.54) is 27.8 Å². The lowest BCUT2D eigenvalue weighted by atomic mass is 10.2. The minimum absolute atomic E-state index is 0.156. The highest BCUT2D eigenvalue weighted by atomic mass is 79.9. The molecule has 0 atom stereocenters. The minimum Gasteiger partial charge on any atom is -0.207 e. The van der Waals surface area contributed by atoms with Crippen LogP contribution in [0.15, 0.2) is 39.0 Å². The van der Waals surface area contributed by atoms with Crippen LogP contribution in [0.4, 0.5) is 4.39 Å². The quantitative estimate of drug-likeness (QED) is 0.766. The molecule has 2 rings (SSSR count). The van der Waals surface area contributed by atoms with Crippen LogP contribution in [-0.4, -0.2) is 19.3 Å². The van der Waals surface area contributed by atoms with Crippen LogP contribution in [0.3, 0.4) is 0 Å². The van der Waals surface area contributed by atoms with Gasteiger partial charge in [-0.05, 0) is 46.6 Å². The topological polar surface area (TPSA) is 37.4 Å². The Morgan fingerprint density at radius 2 is 2.05 bits per heavy atom. The van der Waals surface area contributed by atoms with Gasteiger partial charge in [-0.2, -0.15) is 4.31 Å². The van der Waals surface area contributed by atoms with Gasteiger partial charge in [0.15, 0.2) is 0 Å². The van der Waals surface area contributed by atoms with Gasteiger partial charge in [0, 0.05) is 18.0 Å². The summed E-state index contributed by atoms with van der Waals surface area (Å²) in [5.41, 5.74) is 0.632. The summed E-state index contributed by atoms with van der Waals surface area (Å²) in [6, 6.07) is 7.61. The SMILES string of the molecule is CCN(Cc1cccc(F)c1)S(=O)(=O)c1cc(Br)sc1C. The zero-order chi connectivity index (χ0) is 15.6. The number of rotatable bonds is 5. The maximum absolute atomic E-state index is 13.2. The Morgan fingerprint density at radius 1 is 1.33 bits per heavy atom. The molecule has 3 nitrogen and oxygen atoms in total. The van der Waals surface area contributed by atoms with E-state index in [1.54, 1.807) is 32.0 Å². The van der Waals surface area contributed by atoms with Crippen LogP contribution in [0, 0.1) is 12.7 Å². The molecule has 0 unspecified atom stereocenters. The second kappa shape index (κ2) is 6.56. The Hall–Kier alpha value is -0.760. The van der Waals surface area contributed by atoms with E-state index in [4.69, 9.17) is 0 Å². The van der Waals surface area contributed by atoms with Crippen molar-refractivity contribution in [2.75, 3.05) is 6.54 Å². The van der Waals surface area contributed by atoms with Gasteiger partial charge in [0.2, 0.25) is 10.0 Å². The number of nitrogens with zero attached hydrogens (tertiary/aromatic N) is 1. The van der Waals surface area contributed by atoms with Crippen LogP contribution in [0.5, 0.6) is 0 Å². The molecule has 0 spiro atoms. The summed E-state index contributed by atoms with van der Waals surface area (Å²) >= 11 is 4.69. The van der Waals surface area contributed by atoms with E-state index in [0.717, 1.165) is 8.66 Å². The van der Waals surface area contributed by atoms with Crippen molar-refractivity contribution in [1.29, 1.82) is 0 Å². The first-order chi connectivity index (χ1) is 9.84. The largest absolute Gasteiger partial charge is 0.244 e. The number of benzene rings is 1. The Kier molecular flexibility index (Phi) is 5.19. The van der Waals surface area contributed by atoms with Gasteiger partial charge in [-0.1, -0.05) is 19.1 Å². The molecule has 0 bridgehead atoms. The Balaban J connectivity index is 2.34. The monoisotopic (exact) mass is 391 g/mol. The molecule has 0 radical (unpaired) electrons. The number of halogens is 2. The van der Waals surface area contributed by atoms with E-state index in [2.05, 4.69) is 15.9 Å². The number of aryl methyl sites for hydroxylation is 1. The molecule has 1 aromatic carbocycles. The van der Waals surface area contributed by atoms with Gasteiger partial charge in [-0.15, -0.1) is 11.3 Å². The fourth-order valence-electron chi connectivity index (χ4n) is 2.03. The van der Waals surface area contributed by atoms with Crippen molar-refractivity contribution in [2.24, 2.45) is 0 Å². The summed E-state index contributed by atoms with van der Waals surface area (Å²) in [6.45, 7) is 4.03. The van der Waals surface area contributed by atoms with Gasteiger partial charge in [-0.3, -0.25) is 0 Å². The molecule has 0 fully saturated rings. The van der Waals surface area contributed by atoms with E-state index in [-0.39, 0.29) is 12.4 Å². The van der Waals surface area contributed by atoms with Crippen molar-refractivity contribution >= 4 is 37.3 Å². The van der Waals surface area contributed by atoms with E-state index in [9.17, 15) is 12.8 Å². The molecule has 0 aliphatic rings. The Bertz CT molecular complexity index is 743. The van der Waals surface area contributed by atoms with Crippen molar-refractivity contribution in [1.82, 2.24) is 4.31 Å². The van der Waals surface area contributed by atoms with Crippen LogP contribution in [0.25, 0.3) is 0 Å². The van der Waals surface area contributed by atoms with Crippen LogP contribution in [0.1, 0.15) is 17.4 Å². The lowest BCUT2D eigenvalue weighted by molar-refractivity contribution is 0.422. The number of sulfonamides is 1. The van der Waals surface area contributed by atoms with Crippen LogP contribution in [-0.2, 0) is 16.6 Å².